The molecule has 0 unspecified atom stereocenters. The van der Waals surface area contributed by atoms with Gasteiger partial charge in [-0.25, -0.2) is 8.42 Å². The Hall–Kier alpha value is -2.49. The Morgan fingerprint density at radius 1 is 1.11 bits per heavy atom. The molecule has 10 heteroatoms. The molecule has 1 N–H and O–H groups in total. The Balaban J connectivity index is 1.62. The molecular formula is C18H18ClN3O5S. The van der Waals surface area contributed by atoms with Crippen molar-refractivity contribution in [1.82, 2.24) is 9.62 Å². The van der Waals surface area contributed by atoms with Gasteiger partial charge in [-0.2, -0.15) is 4.31 Å². The molecule has 2 aromatic rings. The number of non-ortho nitro benzene ring substituents is 1. The number of nitrogens with zero attached hydrogens (tertiary/aromatic N) is 2. The van der Waals surface area contributed by atoms with Gasteiger partial charge in [-0.05, 0) is 37.1 Å². The molecular weight excluding hydrogens is 406 g/mol. The fourth-order valence-corrected chi connectivity index (χ4v) is 4.73. The van der Waals surface area contributed by atoms with Crippen LogP contribution in [0.2, 0.25) is 5.02 Å². The van der Waals surface area contributed by atoms with Crippen molar-refractivity contribution in [3.63, 3.8) is 0 Å². The lowest BCUT2D eigenvalue weighted by molar-refractivity contribution is -0.384. The molecule has 3 rings (SSSR count). The van der Waals surface area contributed by atoms with Gasteiger partial charge in [0.2, 0.25) is 10.0 Å². The average molecular weight is 424 g/mol. The molecule has 28 heavy (non-hydrogen) atoms. The van der Waals surface area contributed by atoms with Gasteiger partial charge in [0, 0.05) is 31.3 Å². The molecule has 148 valence electrons. The summed E-state index contributed by atoms with van der Waals surface area (Å²) in [5.74, 6) is -0.290. The summed E-state index contributed by atoms with van der Waals surface area (Å²) >= 11 is 6.03. The first-order valence-corrected chi connectivity index (χ1v) is 10.4. The Morgan fingerprint density at radius 3 is 2.29 bits per heavy atom. The minimum absolute atomic E-state index is 0.0108. The predicted octanol–water partition coefficient (Wildman–Crippen LogP) is 2.83. The summed E-state index contributed by atoms with van der Waals surface area (Å²) < 4.78 is 26.8. The Labute approximate surface area is 167 Å². The summed E-state index contributed by atoms with van der Waals surface area (Å²) in [5, 5.41) is 14.0. The van der Waals surface area contributed by atoms with Crippen molar-refractivity contribution in [3.8, 4) is 0 Å². The SMILES string of the molecule is O=C(NC1CCN(S(=O)(=O)c2ccc([N+](=O)[O-])cc2)CC1)c1ccccc1Cl. The van der Waals surface area contributed by atoms with Gasteiger partial charge in [-0.15, -0.1) is 0 Å². The van der Waals surface area contributed by atoms with Crippen LogP contribution in [0.4, 0.5) is 5.69 Å². The van der Waals surface area contributed by atoms with E-state index in [1.807, 2.05) is 0 Å². The minimum Gasteiger partial charge on any atom is -0.349 e. The molecule has 2 aromatic carbocycles. The van der Waals surface area contributed by atoms with Crippen molar-refractivity contribution in [3.05, 3.63) is 69.2 Å². The van der Waals surface area contributed by atoms with Crippen LogP contribution in [-0.4, -0.2) is 42.7 Å². The summed E-state index contributed by atoms with van der Waals surface area (Å²) in [6, 6.07) is 11.4. The molecule has 8 nitrogen and oxygen atoms in total. The number of hydrogen-bond acceptors (Lipinski definition) is 5. The molecule has 0 aromatic heterocycles. The summed E-state index contributed by atoms with van der Waals surface area (Å²) in [6.07, 6.45) is 0.921. The highest BCUT2D eigenvalue weighted by molar-refractivity contribution is 7.89. The first kappa shape index (κ1) is 20.2. The lowest BCUT2D eigenvalue weighted by atomic mass is 10.1. The van der Waals surface area contributed by atoms with E-state index in [4.69, 9.17) is 11.6 Å². The van der Waals surface area contributed by atoms with Gasteiger partial charge in [0.05, 0.1) is 20.4 Å². The maximum absolute atomic E-state index is 12.7. The molecule has 0 atom stereocenters. The third kappa shape index (κ3) is 4.32. The normalized spacial score (nSPS) is 15.9. The molecule has 1 heterocycles. The number of nitro benzene ring substituents is 1. The maximum atomic E-state index is 12.7. The van der Waals surface area contributed by atoms with Crippen molar-refractivity contribution < 1.29 is 18.1 Å². The number of piperidine rings is 1. The molecule has 1 fully saturated rings. The van der Waals surface area contributed by atoms with Crippen LogP contribution in [0.15, 0.2) is 53.4 Å². The lowest BCUT2D eigenvalue weighted by Gasteiger charge is -2.31. The first-order valence-electron chi connectivity index (χ1n) is 8.59. The molecule has 0 radical (unpaired) electrons. The van der Waals surface area contributed by atoms with Gasteiger partial charge in [0.25, 0.3) is 11.6 Å². The number of nitro groups is 1. The van der Waals surface area contributed by atoms with Crippen molar-refractivity contribution in [2.75, 3.05) is 13.1 Å². The quantitative estimate of drug-likeness (QED) is 0.587. The number of amides is 1. The predicted molar refractivity (Wildman–Crippen MR) is 104 cm³/mol. The first-order chi connectivity index (χ1) is 13.3. The number of halogens is 1. The van der Waals surface area contributed by atoms with Gasteiger partial charge in [-0.3, -0.25) is 14.9 Å². The average Bonchev–Trinajstić information content (AvgIpc) is 2.68. The van der Waals surface area contributed by atoms with E-state index in [-0.39, 0.29) is 35.6 Å². The fourth-order valence-electron chi connectivity index (χ4n) is 3.04. The summed E-state index contributed by atoms with van der Waals surface area (Å²) in [5.41, 5.74) is 0.213. The van der Waals surface area contributed by atoms with Crippen molar-refractivity contribution in [2.24, 2.45) is 0 Å². The van der Waals surface area contributed by atoms with Crippen LogP contribution in [0, 0.1) is 10.1 Å². The van der Waals surface area contributed by atoms with Gasteiger partial charge in [0.1, 0.15) is 0 Å². The highest BCUT2D eigenvalue weighted by atomic mass is 35.5. The van der Waals surface area contributed by atoms with Crippen LogP contribution < -0.4 is 5.32 Å². The van der Waals surface area contributed by atoms with E-state index in [2.05, 4.69) is 5.32 Å². The molecule has 0 aliphatic carbocycles. The van der Waals surface area contributed by atoms with Crippen molar-refractivity contribution in [2.45, 2.75) is 23.8 Å². The van der Waals surface area contributed by atoms with Gasteiger partial charge in [0.15, 0.2) is 0 Å². The topological polar surface area (TPSA) is 110 Å². The summed E-state index contributed by atoms with van der Waals surface area (Å²) in [6.45, 7) is 0.486. The van der Waals surface area contributed by atoms with E-state index in [1.54, 1.807) is 24.3 Å². The number of sulfonamides is 1. The second-order valence-electron chi connectivity index (χ2n) is 6.38. The zero-order valence-electron chi connectivity index (χ0n) is 14.7. The molecule has 1 aliphatic heterocycles. The summed E-state index contributed by atoms with van der Waals surface area (Å²) in [4.78, 5) is 22.5. The maximum Gasteiger partial charge on any atom is 0.269 e. The smallest absolute Gasteiger partial charge is 0.269 e. The number of benzene rings is 2. The van der Waals surface area contributed by atoms with Crippen LogP contribution in [0.3, 0.4) is 0 Å². The number of hydrogen-bond donors (Lipinski definition) is 1. The Bertz CT molecular complexity index is 987. The van der Waals surface area contributed by atoms with E-state index in [9.17, 15) is 23.3 Å². The number of nitrogens with one attached hydrogen (secondary N) is 1. The van der Waals surface area contributed by atoms with Crippen LogP contribution in [0.5, 0.6) is 0 Å². The Kier molecular flexibility index (Phi) is 5.97. The van der Waals surface area contributed by atoms with Crippen molar-refractivity contribution >= 4 is 33.2 Å². The molecule has 1 saturated heterocycles. The van der Waals surface area contributed by atoms with Gasteiger partial charge < -0.3 is 5.32 Å². The largest absolute Gasteiger partial charge is 0.349 e. The highest BCUT2D eigenvalue weighted by Gasteiger charge is 2.30. The van der Waals surface area contributed by atoms with Crippen LogP contribution >= 0.6 is 11.6 Å². The molecule has 0 bridgehead atoms. The molecule has 0 saturated carbocycles. The van der Waals surface area contributed by atoms with E-state index in [1.165, 1.54) is 28.6 Å². The summed E-state index contributed by atoms with van der Waals surface area (Å²) in [7, 11) is -3.74. The number of rotatable bonds is 5. The standard InChI is InChI=1S/C18H18ClN3O5S/c19-17-4-2-1-3-16(17)18(23)20-13-9-11-21(12-10-13)28(26,27)15-7-5-14(6-8-15)22(24)25/h1-8,13H,9-12H2,(H,20,23). The molecule has 1 amide bonds. The number of carbonyl (C=O) groups is 1. The second-order valence-corrected chi connectivity index (χ2v) is 8.73. The second kappa shape index (κ2) is 8.26. The van der Waals surface area contributed by atoms with E-state index < -0.39 is 14.9 Å². The van der Waals surface area contributed by atoms with Crippen molar-refractivity contribution in [1.29, 1.82) is 0 Å². The fraction of sp³-hybridized carbons (Fsp3) is 0.278. The van der Waals surface area contributed by atoms with Crippen LogP contribution in [-0.2, 0) is 10.0 Å². The molecule has 1 aliphatic rings. The number of carbonyl (C=O) groups excluding carboxylic acids is 1. The third-order valence-electron chi connectivity index (χ3n) is 4.59. The zero-order valence-corrected chi connectivity index (χ0v) is 16.3. The van der Waals surface area contributed by atoms with Gasteiger partial charge >= 0.3 is 0 Å². The third-order valence-corrected chi connectivity index (χ3v) is 6.84. The minimum atomic E-state index is -3.74. The molecule has 0 spiro atoms. The lowest BCUT2D eigenvalue weighted by Crippen LogP contribution is -2.46. The van der Waals surface area contributed by atoms with Gasteiger partial charge in [-0.1, -0.05) is 23.7 Å². The monoisotopic (exact) mass is 423 g/mol. The Morgan fingerprint density at radius 2 is 1.71 bits per heavy atom. The van der Waals surface area contributed by atoms with E-state index >= 15 is 0 Å². The van der Waals surface area contributed by atoms with Crippen LogP contribution in [0.1, 0.15) is 23.2 Å². The van der Waals surface area contributed by atoms with E-state index in [0.29, 0.717) is 23.4 Å². The highest BCUT2D eigenvalue weighted by Crippen LogP contribution is 2.23. The van der Waals surface area contributed by atoms with E-state index in [0.717, 1.165) is 0 Å². The van der Waals surface area contributed by atoms with Crippen LogP contribution in [0.25, 0.3) is 0 Å². The zero-order chi connectivity index (χ0) is 20.3.